The van der Waals surface area contributed by atoms with E-state index in [1.807, 2.05) is 42.8 Å². The molecular formula is C56H86N10O13. The molecule has 3 aromatic rings. The molecule has 2 heterocycles. The molecule has 1 unspecified atom stereocenters. The molecule has 1 aliphatic carbocycles. The van der Waals surface area contributed by atoms with Gasteiger partial charge >= 0.3 is 17.9 Å². The molecule has 438 valence electrons. The number of methoxy groups -OCH3 is 2. The Kier molecular flexibility index (Phi) is 27.1. The SMILES string of the molecule is CCN1CCN(CC(=O)O)CCN(CC(=O)O)CCN(CC(=O)N(C)CCCN(C)CCCN(C)C(=O)c2ccc(-n3nc(C(=O)NC(C(=O)O)C4CCCCC4)cc3-c3c(OC)cccc3OC)c(C(C)C)c2)CC1.O=CO. The molecule has 0 bridgehead atoms. The van der Waals surface area contributed by atoms with Gasteiger partial charge < -0.3 is 54.8 Å². The Morgan fingerprint density at radius 2 is 1.23 bits per heavy atom. The van der Waals surface area contributed by atoms with Crippen molar-refractivity contribution in [3.63, 3.8) is 0 Å². The van der Waals surface area contributed by atoms with E-state index >= 15 is 0 Å². The fourth-order valence-corrected chi connectivity index (χ4v) is 10.1. The van der Waals surface area contributed by atoms with Crippen LogP contribution in [0.3, 0.4) is 0 Å². The van der Waals surface area contributed by atoms with Crippen molar-refractivity contribution in [3.8, 4) is 28.4 Å². The summed E-state index contributed by atoms with van der Waals surface area (Å²) < 4.78 is 13.2. The van der Waals surface area contributed by atoms with Crippen molar-refractivity contribution >= 4 is 42.1 Å². The average Bonchev–Trinajstić information content (AvgIpc) is 3.88. The maximum atomic E-state index is 14.0. The van der Waals surface area contributed by atoms with Crippen LogP contribution in [0.2, 0.25) is 0 Å². The third-order valence-electron chi connectivity index (χ3n) is 14.7. The van der Waals surface area contributed by atoms with Crippen LogP contribution in [0.15, 0.2) is 42.5 Å². The molecule has 2 aromatic carbocycles. The average molecular weight is 1110 g/mol. The van der Waals surface area contributed by atoms with Crippen molar-refractivity contribution in [2.45, 2.75) is 77.7 Å². The van der Waals surface area contributed by atoms with Gasteiger partial charge in [0.25, 0.3) is 18.3 Å². The number of hydrogen-bond acceptors (Lipinski definition) is 15. The Labute approximate surface area is 465 Å². The molecule has 1 aliphatic heterocycles. The fourth-order valence-electron chi connectivity index (χ4n) is 10.1. The molecule has 1 saturated carbocycles. The number of hydrogen-bond donors (Lipinski definition) is 5. The highest BCUT2D eigenvalue weighted by Gasteiger charge is 2.33. The number of carbonyl (C=O) groups is 7. The Balaban J connectivity index is 0.00000438. The van der Waals surface area contributed by atoms with Crippen molar-refractivity contribution in [1.29, 1.82) is 0 Å². The van der Waals surface area contributed by atoms with Gasteiger partial charge in [-0.1, -0.05) is 46.1 Å². The molecule has 3 amide bonds. The molecule has 0 spiro atoms. The maximum Gasteiger partial charge on any atom is 0.326 e. The molecule has 5 rings (SSSR count). The van der Waals surface area contributed by atoms with Gasteiger partial charge in [0, 0.05) is 85.1 Å². The minimum Gasteiger partial charge on any atom is -0.496 e. The van der Waals surface area contributed by atoms with Crippen LogP contribution in [-0.4, -0.2) is 253 Å². The second-order valence-electron chi connectivity index (χ2n) is 20.7. The monoisotopic (exact) mass is 1110 g/mol. The number of nitrogens with zero attached hydrogens (tertiary/aromatic N) is 9. The molecule has 2 fully saturated rings. The number of aromatic nitrogens is 2. The zero-order valence-electron chi connectivity index (χ0n) is 47.6. The van der Waals surface area contributed by atoms with E-state index in [1.165, 1.54) is 0 Å². The van der Waals surface area contributed by atoms with Crippen LogP contribution >= 0.6 is 0 Å². The Bertz CT molecular complexity index is 2440. The quantitative estimate of drug-likeness (QED) is 0.0755. The number of carboxylic acid groups (broad SMARTS) is 4. The van der Waals surface area contributed by atoms with E-state index in [0.717, 1.165) is 63.7 Å². The highest BCUT2D eigenvalue weighted by molar-refractivity contribution is 5.97. The molecule has 23 heteroatoms. The number of likely N-dealkylation sites (N-methyl/N-ethyl adjacent to an activating group) is 2. The maximum absolute atomic E-state index is 14.0. The summed E-state index contributed by atoms with van der Waals surface area (Å²) >= 11 is 0. The molecule has 1 saturated heterocycles. The van der Waals surface area contributed by atoms with Gasteiger partial charge in [0.05, 0.1) is 50.8 Å². The molecule has 5 N–H and O–H groups in total. The minimum atomic E-state index is -1.08. The first-order chi connectivity index (χ1) is 37.7. The largest absolute Gasteiger partial charge is 0.496 e. The third-order valence-corrected chi connectivity index (χ3v) is 14.7. The number of ether oxygens (including phenoxy) is 2. The number of carboxylic acids is 3. The van der Waals surface area contributed by atoms with Gasteiger partial charge in [0.15, 0.2) is 5.69 Å². The van der Waals surface area contributed by atoms with Crippen LogP contribution in [-0.2, 0) is 24.0 Å². The van der Waals surface area contributed by atoms with Crippen molar-refractivity contribution < 1.29 is 63.5 Å². The predicted molar refractivity (Wildman–Crippen MR) is 298 cm³/mol. The molecule has 2 aliphatic rings. The summed E-state index contributed by atoms with van der Waals surface area (Å²) in [4.78, 5) is 99.2. The fraction of sp³-hybridized carbons (Fsp3) is 0.607. The minimum absolute atomic E-state index is 0.0152. The van der Waals surface area contributed by atoms with E-state index in [1.54, 1.807) is 73.1 Å². The summed E-state index contributed by atoms with van der Waals surface area (Å²) in [7, 11) is 8.70. The Hall–Kier alpha value is -6.66. The highest BCUT2D eigenvalue weighted by atomic mass is 16.5. The summed E-state index contributed by atoms with van der Waals surface area (Å²) in [6.07, 6.45) is 5.77. The number of amides is 3. The summed E-state index contributed by atoms with van der Waals surface area (Å²) in [6.45, 7) is 13.4. The zero-order valence-corrected chi connectivity index (χ0v) is 47.6. The number of carbonyl (C=O) groups excluding carboxylic acids is 3. The second-order valence-corrected chi connectivity index (χ2v) is 20.7. The van der Waals surface area contributed by atoms with Crippen molar-refractivity contribution in [3.05, 3.63) is 59.3 Å². The lowest BCUT2D eigenvalue weighted by atomic mass is 9.84. The van der Waals surface area contributed by atoms with E-state index in [-0.39, 0.29) is 55.5 Å². The van der Waals surface area contributed by atoms with Crippen LogP contribution in [0, 0.1) is 5.92 Å². The smallest absolute Gasteiger partial charge is 0.326 e. The van der Waals surface area contributed by atoms with Crippen molar-refractivity contribution in [2.24, 2.45) is 5.92 Å². The van der Waals surface area contributed by atoms with Gasteiger partial charge in [0.2, 0.25) is 5.91 Å². The number of benzene rings is 2. The lowest BCUT2D eigenvalue weighted by Gasteiger charge is -2.33. The Morgan fingerprint density at radius 3 is 1.71 bits per heavy atom. The van der Waals surface area contributed by atoms with Crippen LogP contribution in [0.5, 0.6) is 11.5 Å². The second kappa shape index (κ2) is 33.1. The van der Waals surface area contributed by atoms with Crippen molar-refractivity contribution in [1.82, 2.24) is 49.4 Å². The first-order valence-electron chi connectivity index (χ1n) is 27.3. The van der Waals surface area contributed by atoms with Gasteiger partial charge in [0.1, 0.15) is 17.5 Å². The van der Waals surface area contributed by atoms with Gasteiger partial charge in [-0.05, 0) is 106 Å². The highest BCUT2D eigenvalue weighted by Crippen LogP contribution is 2.41. The molecular weight excluding hydrogens is 1020 g/mol. The number of aliphatic carboxylic acids is 3. The summed E-state index contributed by atoms with van der Waals surface area (Å²) in [5, 5.41) is 43.7. The molecule has 0 radical (unpaired) electrons. The van der Waals surface area contributed by atoms with E-state index in [0.29, 0.717) is 106 Å². The third kappa shape index (κ3) is 20.2. The summed E-state index contributed by atoms with van der Waals surface area (Å²) in [6, 6.07) is 11.4. The van der Waals surface area contributed by atoms with Gasteiger partial charge in [-0.25, -0.2) is 9.48 Å². The van der Waals surface area contributed by atoms with Gasteiger partial charge in [-0.2, -0.15) is 5.10 Å². The normalized spacial score (nSPS) is 15.9. The topological polar surface area (TPSA) is 271 Å². The van der Waals surface area contributed by atoms with E-state index in [9.17, 15) is 44.1 Å². The van der Waals surface area contributed by atoms with Crippen LogP contribution < -0.4 is 14.8 Å². The van der Waals surface area contributed by atoms with Crippen molar-refractivity contribution in [2.75, 3.05) is 140 Å². The molecule has 1 aromatic heterocycles. The lowest BCUT2D eigenvalue weighted by molar-refractivity contribution is -0.141. The Morgan fingerprint density at radius 1 is 0.722 bits per heavy atom. The molecule has 1 atom stereocenters. The van der Waals surface area contributed by atoms with Crippen LogP contribution in [0.1, 0.15) is 98.0 Å². The van der Waals surface area contributed by atoms with Gasteiger partial charge in [-0.15, -0.1) is 0 Å². The molecule has 79 heavy (non-hydrogen) atoms. The lowest BCUT2D eigenvalue weighted by Crippen LogP contribution is -2.49. The van der Waals surface area contributed by atoms with Gasteiger partial charge in [-0.3, -0.25) is 43.5 Å². The first kappa shape index (κ1) is 64.9. The number of nitrogens with one attached hydrogen (secondary N) is 1. The van der Waals surface area contributed by atoms with E-state index in [2.05, 4.69) is 26.9 Å². The zero-order chi connectivity index (χ0) is 58.2. The summed E-state index contributed by atoms with van der Waals surface area (Å²) in [5.41, 5.74) is 2.97. The first-order valence-corrected chi connectivity index (χ1v) is 27.3. The molecule has 23 nitrogen and oxygen atoms in total. The van der Waals surface area contributed by atoms with Crippen LogP contribution in [0.4, 0.5) is 0 Å². The predicted octanol–water partition coefficient (Wildman–Crippen LogP) is 3.80. The van der Waals surface area contributed by atoms with Crippen LogP contribution in [0.25, 0.3) is 16.9 Å². The van der Waals surface area contributed by atoms with E-state index in [4.69, 9.17) is 24.5 Å². The standard InChI is InChI=1S/C55H84N10O11.CH2O2/c1-9-61-26-28-62(30-31-64(38-50(69)70)33-32-63(29-27-61)37-49(67)68)36-48(66)59(5)24-14-22-58(4)23-15-25-60(6)54(72)41-20-21-44(42(34-41)39(2)3)65-45(51-46(75-7)18-13-19-47(51)76-8)35-43(57-65)53(71)56-52(55(73)74)40-16-11-10-12-17-40;2-1-3/h13,18-21,34-35,39-40,52H,9-12,14-17,22-33,36-38H2,1-8H3,(H,56,71)(H,67,68)(H,69,70)(H,73,74);1H,(H,2,3). The summed E-state index contributed by atoms with van der Waals surface area (Å²) in [5.74, 6) is -3.03. The number of rotatable bonds is 25. The van der Waals surface area contributed by atoms with E-state index < -0.39 is 29.9 Å².